The van der Waals surface area contributed by atoms with Gasteiger partial charge in [0, 0.05) is 25.4 Å². The van der Waals surface area contributed by atoms with E-state index in [9.17, 15) is 14.3 Å². The van der Waals surface area contributed by atoms with Gasteiger partial charge < -0.3 is 14.7 Å². The van der Waals surface area contributed by atoms with E-state index in [1.165, 1.54) is 12.1 Å². The summed E-state index contributed by atoms with van der Waals surface area (Å²) in [6, 6.07) is 4.75. The summed E-state index contributed by atoms with van der Waals surface area (Å²) in [5.74, 6) is -1.10. The number of anilines is 1. The number of aliphatic carboxylic acids is 1. The van der Waals surface area contributed by atoms with Crippen LogP contribution in [0.25, 0.3) is 0 Å². The summed E-state index contributed by atoms with van der Waals surface area (Å²) in [5, 5.41) is 9.57. The molecule has 0 aromatic heterocycles. The molecule has 2 heterocycles. The molecule has 3 rings (SSSR count). The Labute approximate surface area is 117 Å². The van der Waals surface area contributed by atoms with Gasteiger partial charge >= 0.3 is 5.97 Å². The van der Waals surface area contributed by atoms with Gasteiger partial charge in [-0.25, -0.2) is 4.39 Å². The number of rotatable bonds is 3. The minimum atomic E-state index is -0.869. The van der Waals surface area contributed by atoms with Crippen LogP contribution in [0.3, 0.4) is 0 Å². The molecule has 4 nitrogen and oxygen atoms in total. The molecule has 1 saturated heterocycles. The molecule has 0 aliphatic carbocycles. The Balaban J connectivity index is 1.85. The molecule has 0 saturated carbocycles. The van der Waals surface area contributed by atoms with E-state index in [2.05, 4.69) is 0 Å². The topological polar surface area (TPSA) is 49.8 Å². The number of hydrogen-bond acceptors (Lipinski definition) is 3. The monoisotopic (exact) mass is 279 g/mol. The van der Waals surface area contributed by atoms with Gasteiger partial charge in [-0.1, -0.05) is 6.07 Å². The SMILES string of the molecule is O=C(O)C1(CN2CCc3ccc(F)cc32)CCCOC1. The molecule has 1 N–H and O–H groups in total. The fraction of sp³-hybridized carbons (Fsp3) is 0.533. The maximum absolute atomic E-state index is 13.4. The van der Waals surface area contributed by atoms with Crippen LogP contribution in [0.1, 0.15) is 18.4 Å². The normalized spacial score (nSPS) is 25.6. The Bertz CT molecular complexity index is 526. The summed E-state index contributed by atoms with van der Waals surface area (Å²) in [4.78, 5) is 13.6. The molecule has 0 amide bonds. The van der Waals surface area contributed by atoms with Gasteiger partial charge in [-0.15, -0.1) is 0 Å². The van der Waals surface area contributed by atoms with E-state index in [1.807, 2.05) is 4.90 Å². The van der Waals surface area contributed by atoms with Crippen molar-refractivity contribution in [3.63, 3.8) is 0 Å². The Hall–Kier alpha value is -1.62. The smallest absolute Gasteiger partial charge is 0.313 e. The molecule has 0 spiro atoms. The van der Waals surface area contributed by atoms with E-state index in [-0.39, 0.29) is 12.4 Å². The van der Waals surface area contributed by atoms with E-state index in [4.69, 9.17) is 4.74 Å². The average molecular weight is 279 g/mol. The number of carbonyl (C=O) groups is 1. The zero-order chi connectivity index (χ0) is 14.2. The highest BCUT2D eigenvalue weighted by Crippen LogP contribution is 2.35. The van der Waals surface area contributed by atoms with Gasteiger partial charge in [-0.3, -0.25) is 4.79 Å². The zero-order valence-electron chi connectivity index (χ0n) is 11.3. The number of benzene rings is 1. The van der Waals surface area contributed by atoms with Crippen LogP contribution in [0.4, 0.5) is 10.1 Å². The first-order valence-electron chi connectivity index (χ1n) is 6.95. The Morgan fingerprint density at radius 3 is 3.05 bits per heavy atom. The second kappa shape index (κ2) is 5.05. The standard InChI is InChI=1S/C15H18FNO3/c16-12-3-2-11-4-6-17(13(11)8-12)9-15(14(18)19)5-1-7-20-10-15/h2-3,8H,1,4-7,9-10H2,(H,18,19). The van der Waals surface area contributed by atoms with Crippen molar-refractivity contribution < 1.29 is 19.0 Å². The number of fused-ring (bicyclic) bond motifs is 1. The zero-order valence-corrected chi connectivity index (χ0v) is 11.3. The Morgan fingerprint density at radius 2 is 2.35 bits per heavy atom. The lowest BCUT2D eigenvalue weighted by Crippen LogP contribution is -2.48. The van der Waals surface area contributed by atoms with E-state index in [1.54, 1.807) is 6.07 Å². The molecule has 5 heteroatoms. The first-order valence-corrected chi connectivity index (χ1v) is 6.95. The van der Waals surface area contributed by atoms with Crippen molar-refractivity contribution in [2.45, 2.75) is 19.3 Å². The van der Waals surface area contributed by atoms with Gasteiger partial charge in [0.2, 0.25) is 0 Å². The van der Waals surface area contributed by atoms with Crippen molar-refractivity contribution in [3.05, 3.63) is 29.6 Å². The third kappa shape index (κ3) is 2.26. The third-order valence-electron chi connectivity index (χ3n) is 4.31. The van der Waals surface area contributed by atoms with Crippen molar-refractivity contribution >= 4 is 11.7 Å². The Kier molecular flexibility index (Phi) is 3.38. The summed E-state index contributed by atoms with van der Waals surface area (Å²) >= 11 is 0. The molecule has 1 aromatic rings. The van der Waals surface area contributed by atoms with Crippen LogP contribution in [-0.2, 0) is 16.0 Å². The number of carboxylic acid groups (broad SMARTS) is 1. The van der Waals surface area contributed by atoms with Crippen molar-refractivity contribution in [3.8, 4) is 0 Å². The van der Waals surface area contributed by atoms with E-state index in [0.717, 1.165) is 30.6 Å². The van der Waals surface area contributed by atoms with Crippen molar-refractivity contribution in [2.75, 3.05) is 31.2 Å². The molecule has 1 unspecified atom stereocenters. The molecule has 1 aromatic carbocycles. The third-order valence-corrected chi connectivity index (χ3v) is 4.31. The first-order chi connectivity index (χ1) is 9.61. The molecule has 108 valence electrons. The molecular formula is C15H18FNO3. The highest BCUT2D eigenvalue weighted by Gasteiger charge is 2.43. The Morgan fingerprint density at radius 1 is 1.50 bits per heavy atom. The molecule has 0 bridgehead atoms. The van der Waals surface area contributed by atoms with Crippen LogP contribution in [0.5, 0.6) is 0 Å². The molecule has 1 atom stereocenters. The van der Waals surface area contributed by atoms with Gasteiger partial charge in [0.05, 0.1) is 6.61 Å². The summed E-state index contributed by atoms with van der Waals surface area (Å²) in [6.45, 7) is 2.00. The van der Waals surface area contributed by atoms with Crippen molar-refractivity contribution in [2.24, 2.45) is 5.41 Å². The number of hydrogen-bond donors (Lipinski definition) is 1. The molecule has 0 radical (unpaired) electrons. The highest BCUT2D eigenvalue weighted by atomic mass is 19.1. The van der Waals surface area contributed by atoms with Crippen LogP contribution >= 0.6 is 0 Å². The number of halogens is 1. The summed E-state index contributed by atoms with van der Waals surface area (Å²) in [6.07, 6.45) is 2.21. The van der Waals surface area contributed by atoms with Crippen LogP contribution in [-0.4, -0.2) is 37.4 Å². The van der Waals surface area contributed by atoms with Gasteiger partial charge in [-0.05, 0) is 37.0 Å². The molecule has 1 fully saturated rings. The van der Waals surface area contributed by atoms with Crippen LogP contribution in [0.15, 0.2) is 18.2 Å². The lowest BCUT2D eigenvalue weighted by molar-refractivity contribution is -0.156. The quantitative estimate of drug-likeness (QED) is 0.920. The summed E-state index contributed by atoms with van der Waals surface area (Å²) in [5.41, 5.74) is 1.05. The van der Waals surface area contributed by atoms with Gasteiger partial charge in [-0.2, -0.15) is 0 Å². The number of nitrogens with zero attached hydrogens (tertiary/aromatic N) is 1. The lowest BCUT2D eigenvalue weighted by Gasteiger charge is -2.37. The van der Waals surface area contributed by atoms with Crippen molar-refractivity contribution in [1.82, 2.24) is 0 Å². The second-order valence-electron chi connectivity index (χ2n) is 5.69. The molecular weight excluding hydrogens is 261 g/mol. The van der Waals surface area contributed by atoms with E-state index >= 15 is 0 Å². The fourth-order valence-electron chi connectivity index (χ4n) is 3.16. The average Bonchev–Trinajstić information content (AvgIpc) is 2.82. The molecule has 2 aliphatic heterocycles. The van der Waals surface area contributed by atoms with E-state index < -0.39 is 11.4 Å². The predicted molar refractivity (Wildman–Crippen MR) is 72.4 cm³/mol. The lowest BCUT2D eigenvalue weighted by atomic mass is 9.82. The minimum absolute atomic E-state index is 0.240. The largest absolute Gasteiger partial charge is 0.481 e. The molecule has 2 aliphatic rings. The predicted octanol–water partition coefficient (Wildman–Crippen LogP) is 2.07. The second-order valence-corrected chi connectivity index (χ2v) is 5.69. The van der Waals surface area contributed by atoms with Gasteiger partial charge in [0.1, 0.15) is 11.2 Å². The maximum atomic E-state index is 13.4. The van der Waals surface area contributed by atoms with Crippen LogP contribution in [0, 0.1) is 11.2 Å². The first kappa shape index (κ1) is 13.4. The van der Waals surface area contributed by atoms with Crippen molar-refractivity contribution in [1.29, 1.82) is 0 Å². The summed E-state index contributed by atoms with van der Waals surface area (Å²) in [7, 11) is 0. The number of carboxylic acids is 1. The summed E-state index contributed by atoms with van der Waals surface area (Å²) < 4.78 is 18.8. The number of ether oxygens (including phenoxy) is 1. The molecule has 20 heavy (non-hydrogen) atoms. The highest BCUT2D eigenvalue weighted by molar-refractivity contribution is 5.76. The van der Waals surface area contributed by atoms with Gasteiger partial charge in [0.15, 0.2) is 0 Å². The minimum Gasteiger partial charge on any atom is -0.481 e. The fourth-order valence-corrected chi connectivity index (χ4v) is 3.16. The maximum Gasteiger partial charge on any atom is 0.313 e. The van der Waals surface area contributed by atoms with Gasteiger partial charge in [0.25, 0.3) is 0 Å². The van der Waals surface area contributed by atoms with Crippen LogP contribution in [0.2, 0.25) is 0 Å². The van der Waals surface area contributed by atoms with E-state index in [0.29, 0.717) is 19.6 Å². The van der Waals surface area contributed by atoms with Crippen LogP contribution < -0.4 is 4.90 Å².